The van der Waals surface area contributed by atoms with E-state index in [9.17, 15) is 0 Å². The van der Waals surface area contributed by atoms with Crippen LogP contribution in [0.4, 0.5) is 0 Å². The van der Waals surface area contributed by atoms with Gasteiger partial charge < -0.3 is 0 Å². The van der Waals surface area contributed by atoms with Gasteiger partial charge in [-0.2, -0.15) is 22.2 Å². The zero-order chi connectivity index (χ0) is 21.5. The predicted octanol–water partition coefficient (Wildman–Crippen LogP) is 7.79. The molecule has 0 unspecified atom stereocenters. The van der Waals surface area contributed by atoms with Gasteiger partial charge in [0.2, 0.25) is 0 Å². The minimum Gasteiger partial charge on any atom is -0.160 e. The molecule has 0 spiro atoms. The van der Waals surface area contributed by atoms with Gasteiger partial charge in [0.05, 0.1) is 0 Å². The summed E-state index contributed by atoms with van der Waals surface area (Å²) in [5.41, 5.74) is 2.30. The summed E-state index contributed by atoms with van der Waals surface area (Å²) in [6.07, 6.45) is 0. The molecule has 0 radical (unpaired) electrons. The second kappa shape index (κ2) is 12.9. The molecule has 0 aromatic heterocycles. The third kappa shape index (κ3) is 7.07. The fourth-order valence-electron chi connectivity index (χ4n) is 4.05. The number of hydrogen-bond acceptors (Lipinski definition) is 0. The van der Waals surface area contributed by atoms with Crippen LogP contribution in [0.1, 0.15) is 55.4 Å². The monoisotopic (exact) mass is 550 g/mol. The summed E-state index contributed by atoms with van der Waals surface area (Å²) in [5, 5.41) is 2.73. The topological polar surface area (TPSA) is 0 Å². The van der Waals surface area contributed by atoms with E-state index in [4.69, 9.17) is 22.2 Å². The standard InChI is InChI=1S/2C12H19ClSi.Mo/c2*1-10(2)14(13,11(3)4)12-8-6-5-7-9-12;/h2*5-11H,1-4H3;. The van der Waals surface area contributed by atoms with Crippen molar-refractivity contribution in [1.29, 1.82) is 0 Å². The van der Waals surface area contributed by atoms with E-state index in [0.717, 1.165) is 0 Å². The molecular formula is C24H38Cl2MoSi2. The summed E-state index contributed by atoms with van der Waals surface area (Å²) >= 11 is 13.7. The third-order valence-electron chi connectivity index (χ3n) is 5.79. The molecule has 2 aromatic carbocycles. The average Bonchev–Trinajstić information content (AvgIpc) is 2.67. The molecule has 2 rings (SSSR count). The molecule has 162 valence electrons. The van der Waals surface area contributed by atoms with E-state index in [1.807, 2.05) is 0 Å². The van der Waals surface area contributed by atoms with E-state index in [2.05, 4.69) is 116 Å². The first-order chi connectivity index (χ1) is 13.0. The van der Waals surface area contributed by atoms with Crippen molar-refractivity contribution < 1.29 is 21.1 Å². The number of benzene rings is 2. The Kier molecular flexibility index (Phi) is 12.9. The molecule has 0 nitrogen and oxygen atoms in total. The molecule has 0 amide bonds. The van der Waals surface area contributed by atoms with Crippen LogP contribution in [0.2, 0.25) is 22.2 Å². The van der Waals surface area contributed by atoms with Crippen LogP contribution in [0.15, 0.2) is 60.7 Å². The van der Waals surface area contributed by atoms with Gasteiger partial charge in [-0.1, -0.05) is 116 Å². The van der Waals surface area contributed by atoms with Crippen LogP contribution in [-0.4, -0.2) is 14.8 Å². The van der Waals surface area contributed by atoms with Gasteiger partial charge in [-0.05, 0) is 32.5 Å². The first-order valence-electron chi connectivity index (χ1n) is 10.5. The van der Waals surface area contributed by atoms with Crippen molar-refractivity contribution in [3.63, 3.8) is 0 Å². The van der Waals surface area contributed by atoms with Crippen LogP contribution in [0, 0.1) is 0 Å². The summed E-state index contributed by atoms with van der Waals surface area (Å²) in [6.45, 7) is 17.9. The molecule has 5 heteroatoms. The Morgan fingerprint density at radius 3 is 0.862 bits per heavy atom. The van der Waals surface area contributed by atoms with Crippen LogP contribution in [0.5, 0.6) is 0 Å². The van der Waals surface area contributed by atoms with Crippen LogP contribution in [0.3, 0.4) is 0 Å². The van der Waals surface area contributed by atoms with Gasteiger partial charge in [0.15, 0.2) is 14.8 Å². The van der Waals surface area contributed by atoms with Gasteiger partial charge in [0, 0.05) is 21.1 Å². The van der Waals surface area contributed by atoms with E-state index in [0.29, 0.717) is 22.2 Å². The second-order valence-electron chi connectivity index (χ2n) is 8.89. The fourth-order valence-corrected chi connectivity index (χ4v) is 11.5. The van der Waals surface area contributed by atoms with Crippen molar-refractivity contribution >= 4 is 47.3 Å². The van der Waals surface area contributed by atoms with E-state index in [1.165, 1.54) is 10.4 Å². The molecule has 0 aliphatic carbocycles. The molecule has 0 N–H and O–H groups in total. The van der Waals surface area contributed by atoms with Crippen LogP contribution >= 0.6 is 22.2 Å². The molecule has 29 heavy (non-hydrogen) atoms. The van der Waals surface area contributed by atoms with Gasteiger partial charge in [0.25, 0.3) is 0 Å². The first-order valence-corrected chi connectivity index (χ1v) is 16.8. The molecule has 0 heterocycles. The van der Waals surface area contributed by atoms with Gasteiger partial charge in [-0.15, -0.1) is 0 Å². The maximum absolute atomic E-state index is 6.87. The van der Waals surface area contributed by atoms with Crippen molar-refractivity contribution in [1.82, 2.24) is 0 Å². The van der Waals surface area contributed by atoms with Crippen LogP contribution < -0.4 is 10.4 Å². The molecule has 0 atom stereocenters. The number of halogens is 2. The summed E-state index contributed by atoms with van der Waals surface area (Å²) < 4.78 is 0. The van der Waals surface area contributed by atoms with Crippen LogP contribution in [0.25, 0.3) is 0 Å². The van der Waals surface area contributed by atoms with Crippen LogP contribution in [-0.2, 0) is 21.1 Å². The summed E-state index contributed by atoms with van der Waals surface area (Å²) in [7, 11) is -3.62. The summed E-state index contributed by atoms with van der Waals surface area (Å²) in [6, 6.07) is 21.2. The molecule has 2 aromatic rings. The second-order valence-corrected chi connectivity index (χ2v) is 21.5. The molecule has 0 saturated heterocycles. The van der Waals surface area contributed by atoms with Gasteiger partial charge in [-0.25, -0.2) is 0 Å². The van der Waals surface area contributed by atoms with Gasteiger partial charge in [0.1, 0.15) is 0 Å². The Hall–Kier alpha value is 0.142. The Morgan fingerprint density at radius 1 is 0.483 bits per heavy atom. The van der Waals surface area contributed by atoms with Gasteiger partial charge >= 0.3 is 0 Å². The quantitative estimate of drug-likeness (QED) is 0.255. The van der Waals surface area contributed by atoms with Crippen molar-refractivity contribution in [2.75, 3.05) is 0 Å². The Labute approximate surface area is 205 Å². The van der Waals surface area contributed by atoms with Crippen molar-refractivity contribution in [2.45, 2.75) is 77.6 Å². The predicted molar refractivity (Wildman–Crippen MR) is 136 cm³/mol. The Balaban J connectivity index is 0.000000523. The third-order valence-corrected chi connectivity index (χ3v) is 21.5. The molecule has 0 aliphatic rings. The zero-order valence-corrected chi connectivity index (χ0v) is 24.8. The Morgan fingerprint density at radius 2 is 0.690 bits per heavy atom. The van der Waals surface area contributed by atoms with Crippen molar-refractivity contribution in [3.8, 4) is 0 Å². The number of hydrogen-bond donors (Lipinski definition) is 0. The Bertz CT molecular complexity index is 611. The van der Waals surface area contributed by atoms with E-state index in [1.54, 1.807) is 0 Å². The zero-order valence-electron chi connectivity index (χ0n) is 19.2. The smallest absolute Gasteiger partial charge is 0.160 e. The molecule has 0 fully saturated rings. The van der Waals surface area contributed by atoms with Crippen molar-refractivity contribution in [2.24, 2.45) is 0 Å². The molecule has 0 saturated carbocycles. The van der Waals surface area contributed by atoms with E-state index >= 15 is 0 Å². The summed E-state index contributed by atoms with van der Waals surface area (Å²) in [5.74, 6) is 0. The van der Waals surface area contributed by atoms with Crippen molar-refractivity contribution in [3.05, 3.63) is 60.7 Å². The normalized spacial score (nSPS) is 12.1. The number of rotatable bonds is 6. The average molecular weight is 550 g/mol. The maximum Gasteiger partial charge on any atom is 0.191 e. The fraction of sp³-hybridized carbons (Fsp3) is 0.500. The SMILES string of the molecule is CC(C)[Si](Cl)(c1ccccc1)C(C)C.CC(C)[Si](Cl)(c1ccccc1)C(C)C.[Mo]. The maximum atomic E-state index is 6.87. The minimum atomic E-state index is -1.81. The molecule has 0 bridgehead atoms. The first kappa shape index (κ1) is 29.1. The van der Waals surface area contributed by atoms with Gasteiger partial charge in [-0.3, -0.25) is 0 Å². The minimum absolute atomic E-state index is 0. The molecular weight excluding hydrogens is 511 g/mol. The molecule has 0 aliphatic heterocycles. The largest absolute Gasteiger partial charge is 0.191 e. The summed E-state index contributed by atoms with van der Waals surface area (Å²) in [4.78, 5) is 0. The van der Waals surface area contributed by atoms with E-state index < -0.39 is 14.8 Å². The van der Waals surface area contributed by atoms with E-state index in [-0.39, 0.29) is 21.1 Å².